The van der Waals surface area contributed by atoms with E-state index >= 15 is 0 Å². The highest BCUT2D eigenvalue weighted by molar-refractivity contribution is 6.16. The number of aromatic nitrogens is 3. The molecule has 2 aromatic carbocycles. The fourth-order valence-corrected chi connectivity index (χ4v) is 4.02. The number of phenols is 1. The van der Waals surface area contributed by atoms with Crippen LogP contribution in [0.15, 0.2) is 39.7 Å². The van der Waals surface area contributed by atoms with Crippen LogP contribution < -0.4 is 19.6 Å². The first-order chi connectivity index (χ1) is 14.5. The molecule has 6 rings (SSSR count). The van der Waals surface area contributed by atoms with Crippen LogP contribution in [0.2, 0.25) is 0 Å². The fourth-order valence-electron chi connectivity index (χ4n) is 4.02. The highest BCUT2D eigenvalue weighted by Crippen LogP contribution is 2.47. The minimum atomic E-state index is -0.344. The third kappa shape index (κ3) is 2.11. The van der Waals surface area contributed by atoms with Crippen LogP contribution in [-0.2, 0) is 7.05 Å². The summed E-state index contributed by atoms with van der Waals surface area (Å²) in [6.07, 6.45) is 1.82. The third-order valence-corrected chi connectivity index (χ3v) is 5.34. The predicted molar refractivity (Wildman–Crippen MR) is 108 cm³/mol. The highest BCUT2D eigenvalue weighted by Gasteiger charge is 2.26. The van der Waals surface area contributed by atoms with E-state index in [1.807, 2.05) is 25.4 Å². The van der Waals surface area contributed by atoms with E-state index in [2.05, 4.69) is 5.10 Å². The second-order valence-corrected chi connectivity index (χ2v) is 7.06. The van der Waals surface area contributed by atoms with Crippen molar-refractivity contribution >= 4 is 33.1 Å². The Bertz CT molecular complexity index is 1560. The molecule has 2 N–H and O–H groups in total. The Morgan fingerprint density at radius 2 is 2.10 bits per heavy atom. The summed E-state index contributed by atoms with van der Waals surface area (Å²) in [6.45, 7) is 0.111. The summed E-state index contributed by atoms with van der Waals surface area (Å²) in [5.41, 5.74) is 2.97. The van der Waals surface area contributed by atoms with Crippen molar-refractivity contribution in [3.63, 3.8) is 0 Å². The lowest BCUT2D eigenvalue weighted by Crippen LogP contribution is -1.95. The molecule has 0 fully saturated rings. The lowest BCUT2D eigenvalue weighted by molar-refractivity contribution is 0.171. The Kier molecular flexibility index (Phi) is 3.18. The number of hydrogen-bond acceptors (Lipinski definition) is 7. The summed E-state index contributed by atoms with van der Waals surface area (Å²) >= 11 is 0. The Labute approximate surface area is 168 Å². The average Bonchev–Trinajstić information content (AvgIpc) is 3.42. The van der Waals surface area contributed by atoms with Crippen LogP contribution in [0, 0.1) is 0 Å². The van der Waals surface area contributed by atoms with Crippen molar-refractivity contribution in [2.24, 2.45) is 7.05 Å². The van der Waals surface area contributed by atoms with Gasteiger partial charge < -0.3 is 28.8 Å². The van der Waals surface area contributed by atoms with Gasteiger partial charge in [0, 0.05) is 36.3 Å². The molecule has 9 nitrogen and oxygen atoms in total. The van der Waals surface area contributed by atoms with Gasteiger partial charge in [0.05, 0.1) is 12.5 Å². The lowest BCUT2D eigenvalue weighted by Gasteiger charge is -2.10. The van der Waals surface area contributed by atoms with Gasteiger partial charge in [0.2, 0.25) is 12.5 Å². The predicted octanol–water partition coefficient (Wildman–Crippen LogP) is 3.27. The molecule has 0 unspecified atom stereocenters. The first kappa shape index (κ1) is 16.8. The number of aryl methyl sites for hydroxylation is 1. The van der Waals surface area contributed by atoms with Gasteiger partial charge in [0.1, 0.15) is 16.8 Å². The average molecular weight is 405 g/mol. The number of pyridine rings is 1. The van der Waals surface area contributed by atoms with E-state index in [1.165, 1.54) is 6.07 Å². The Hall–Kier alpha value is -4.14. The van der Waals surface area contributed by atoms with Gasteiger partial charge in [-0.25, -0.2) is 4.98 Å². The minimum Gasteiger partial charge on any atom is -0.507 e. The molecule has 30 heavy (non-hydrogen) atoms. The van der Waals surface area contributed by atoms with Crippen molar-refractivity contribution in [2.75, 3.05) is 13.9 Å². The molecule has 5 aromatic rings. The number of methoxy groups -OCH3 is 1. The molecule has 0 spiro atoms. The van der Waals surface area contributed by atoms with E-state index in [9.17, 15) is 9.90 Å². The summed E-state index contributed by atoms with van der Waals surface area (Å²) in [5, 5.41) is 14.7. The monoisotopic (exact) mass is 405 g/mol. The summed E-state index contributed by atoms with van der Waals surface area (Å²) in [5.74, 6) is 1.46. The molecule has 1 aliphatic rings. The van der Waals surface area contributed by atoms with E-state index in [1.54, 1.807) is 11.8 Å². The van der Waals surface area contributed by atoms with Crippen molar-refractivity contribution < 1.29 is 23.7 Å². The van der Waals surface area contributed by atoms with Crippen LogP contribution in [0.4, 0.5) is 0 Å². The van der Waals surface area contributed by atoms with E-state index in [-0.39, 0.29) is 23.6 Å². The first-order valence-corrected chi connectivity index (χ1v) is 9.16. The Morgan fingerprint density at radius 3 is 2.93 bits per heavy atom. The highest BCUT2D eigenvalue weighted by atomic mass is 16.7. The molecule has 0 saturated carbocycles. The second kappa shape index (κ2) is 5.69. The van der Waals surface area contributed by atoms with Crippen LogP contribution in [0.5, 0.6) is 23.0 Å². The number of aromatic amines is 1. The molecule has 3 aromatic heterocycles. The number of ether oxygens (including phenoxy) is 3. The molecule has 0 atom stereocenters. The van der Waals surface area contributed by atoms with Gasteiger partial charge in [-0.1, -0.05) is 0 Å². The number of nitrogens with zero attached hydrogens (tertiary/aromatic N) is 2. The molecule has 0 bridgehead atoms. The standard InChI is InChI=1S/C21H15N3O6/c1-24-21-11(7-22-24)16(9-3-14(27-2)19-15(4-9)28-8-29-19)20-18(23-21)17-12(26)5-10(25)6-13(17)30-20/h3-7,22,26H,8H2,1-2H3. The number of nitrogens with one attached hydrogen (secondary N) is 1. The minimum absolute atomic E-state index is 0.111. The molecule has 0 aliphatic carbocycles. The summed E-state index contributed by atoms with van der Waals surface area (Å²) < 4.78 is 24.4. The molecule has 0 amide bonds. The molecular formula is C21H15N3O6. The Balaban J connectivity index is 1.81. The number of hydrogen-bond donors (Lipinski definition) is 2. The molecule has 0 radical (unpaired) electrons. The first-order valence-electron chi connectivity index (χ1n) is 9.16. The number of benzene rings is 2. The number of fused-ring (bicyclic) bond motifs is 5. The van der Waals surface area contributed by atoms with Crippen molar-refractivity contribution in [3.05, 3.63) is 40.7 Å². The van der Waals surface area contributed by atoms with Crippen molar-refractivity contribution in [2.45, 2.75) is 0 Å². The largest absolute Gasteiger partial charge is 0.507 e. The molecule has 9 heteroatoms. The topological polar surface area (TPSA) is 112 Å². The van der Waals surface area contributed by atoms with E-state index in [0.717, 1.165) is 22.6 Å². The van der Waals surface area contributed by atoms with Gasteiger partial charge in [0.15, 0.2) is 28.2 Å². The maximum Gasteiger partial charge on any atom is 0.231 e. The third-order valence-electron chi connectivity index (χ3n) is 5.34. The molecule has 1 aliphatic heterocycles. The number of phenolic OH excluding ortho intramolecular Hbond substituents is 1. The number of aromatic hydroxyl groups is 1. The van der Waals surface area contributed by atoms with Gasteiger partial charge in [-0.15, -0.1) is 0 Å². The molecular weight excluding hydrogens is 390 g/mol. The zero-order valence-corrected chi connectivity index (χ0v) is 16.0. The summed E-state index contributed by atoms with van der Waals surface area (Å²) in [7, 11) is 3.40. The maximum absolute atomic E-state index is 11.9. The van der Waals surface area contributed by atoms with E-state index in [0.29, 0.717) is 39.4 Å². The van der Waals surface area contributed by atoms with Gasteiger partial charge in [-0.2, -0.15) is 0 Å². The van der Waals surface area contributed by atoms with Crippen LogP contribution in [0.25, 0.3) is 44.2 Å². The van der Waals surface area contributed by atoms with Crippen LogP contribution >= 0.6 is 0 Å². The van der Waals surface area contributed by atoms with Crippen LogP contribution in [0.1, 0.15) is 0 Å². The van der Waals surface area contributed by atoms with Crippen LogP contribution in [0.3, 0.4) is 0 Å². The van der Waals surface area contributed by atoms with Crippen molar-refractivity contribution in [1.82, 2.24) is 14.8 Å². The summed E-state index contributed by atoms with van der Waals surface area (Å²) in [6, 6.07) is 6.18. The zero-order chi connectivity index (χ0) is 20.6. The number of H-pyrrole nitrogens is 1. The SMILES string of the molecule is COc1cc(-c2c3c[nH]n(C)c3nc3c2oc2cc(=O)cc(O)c23)cc2c1OCO2. The fraction of sp³-hybridized carbons (Fsp3) is 0.143. The van der Waals surface area contributed by atoms with E-state index in [4.69, 9.17) is 23.6 Å². The smallest absolute Gasteiger partial charge is 0.231 e. The zero-order valence-electron chi connectivity index (χ0n) is 16.0. The molecule has 0 saturated heterocycles. The van der Waals surface area contributed by atoms with Crippen LogP contribution in [-0.4, -0.2) is 33.8 Å². The lowest BCUT2D eigenvalue weighted by atomic mass is 10.0. The number of rotatable bonds is 2. The van der Waals surface area contributed by atoms with Gasteiger partial charge >= 0.3 is 0 Å². The Morgan fingerprint density at radius 1 is 1.23 bits per heavy atom. The van der Waals surface area contributed by atoms with Gasteiger partial charge in [-0.05, 0) is 17.7 Å². The number of furan rings is 1. The molecule has 4 heterocycles. The van der Waals surface area contributed by atoms with Gasteiger partial charge in [0.25, 0.3) is 0 Å². The van der Waals surface area contributed by atoms with Crippen molar-refractivity contribution in [1.29, 1.82) is 0 Å². The quantitative estimate of drug-likeness (QED) is 0.464. The normalized spacial score (nSPS) is 13.0. The van der Waals surface area contributed by atoms with E-state index < -0.39 is 0 Å². The second-order valence-electron chi connectivity index (χ2n) is 7.06. The maximum atomic E-state index is 11.9. The van der Waals surface area contributed by atoms with Crippen molar-refractivity contribution in [3.8, 4) is 34.1 Å². The molecule has 150 valence electrons. The van der Waals surface area contributed by atoms with Gasteiger partial charge in [-0.3, -0.25) is 9.48 Å². The summed E-state index contributed by atoms with van der Waals surface area (Å²) in [4.78, 5) is 16.6.